The highest BCUT2D eigenvalue weighted by atomic mass is 32.2. The Morgan fingerprint density at radius 1 is 1.06 bits per heavy atom. The summed E-state index contributed by atoms with van der Waals surface area (Å²) in [5.41, 5.74) is 0. The van der Waals surface area contributed by atoms with Crippen LogP contribution in [0.1, 0.15) is 5.76 Å². The summed E-state index contributed by atoms with van der Waals surface area (Å²) in [6, 6.07) is 11.9. The van der Waals surface area contributed by atoms with E-state index in [1.165, 1.54) is 0 Å². The molecule has 17 heavy (non-hydrogen) atoms. The number of rotatable bonds is 5. The SMILES string of the molecule is O=S(=O)(NCCc1ccco1)c1ccccc1. The van der Waals surface area contributed by atoms with E-state index in [9.17, 15) is 8.42 Å². The van der Waals surface area contributed by atoms with Crippen molar-refractivity contribution in [3.05, 3.63) is 54.5 Å². The number of benzene rings is 1. The molecule has 1 aromatic carbocycles. The van der Waals surface area contributed by atoms with E-state index in [0.29, 0.717) is 13.0 Å². The van der Waals surface area contributed by atoms with Gasteiger partial charge in [0.15, 0.2) is 0 Å². The van der Waals surface area contributed by atoms with Gasteiger partial charge in [-0.3, -0.25) is 0 Å². The van der Waals surface area contributed by atoms with Gasteiger partial charge in [0.1, 0.15) is 5.76 Å². The molecule has 0 atom stereocenters. The lowest BCUT2D eigenvalue weighted by molar-refractivity contribution is 0.506. The predicted octanol–water partition coefficient (Wildman–Crippen LogP) is 1.80. The summed E-state index contributed by atoms with van der Waals surface area (Å²) < 4.78 is 31.3. The Morgan fingerprint density at radius 2 is 1.82 bits per heavy atom. The van der Waals surface area contributed by atoms with Gasteiger partial charge in [0.25, 0.3) is 0 Å². The summed E-state index contributed by atoms with van der Waals surface area (Å²) in [4.78, 5) is 0.277. The van der Waals surface area contributed by atoms with Crippen LogP contribution >= 0.6 is 0 Å². The van der Waals surface area contributed by atoms with E-state index in [0.717, 1.165) is 5.76 Å². The molecule has 1 N–H and O–H groups in total. The fraction of sp³-hybridized carbons (Fsp3) is 0.167. The van der Waals surface area contributed by atoms with Crippen LogP contribution in [-0.2, 0) is 16.4 Å². The first-order valence-corrected chi connectivity index (χ1v) is 6.74. The molecule has 0 bridgehead atoms. The van der Waals surface area contributed by atoms with Gasteiger partial charge in [-0.25, -0.2) is 13.1 Å². The smallest absolute Gasteiger partial charge is 0.240 e. The molecular formula is C12H13NO3S. The first kappa shape index (κ1) is 11.9. The highest BCUT2D eigenvalue weighted by molar-refractivity contribution is 7.89. The monoisotopic (exact) mass is 251 g/mol. The topological polar surface area (TPSA) is 59.3 Å². The Kier molecular flexibility index (Phi) is 3.61. The molecule has 0 fully saturated rings. The minimum absolute atomic E-state index is 0.277. The zero-order valence-electron chi connectivity index (χ0n) is 9.17. The van der Waals surface area contributed by atoms with Crippen molar-refractivity contribution in [3.63, 3.8) is 0 Å². The molecule has 0 radical (unpaired) electrons. The molecule has 0 aliphatic carbocycles. The zero-order chi connectivity index (χ0) is 12.1. The standard InChI is InChI=1S/C12H13NO3S/c14-17(15,12-6-2-1-3-7-12)13-9-8-11-5-4-10-16-11/h1-7,10,13H,8-9H2. The molecule has 0 amide bonds. The molecule has 0 aliphatic heterocycles. The molecule has 90 valence electrons. The fourth-order valence-electron chi connectivity index (χ4n) is 1.45. The van der Waals surface area contributed by atoms with Crippen molar-refractivity contribution in [1.82, 2.24) is 4.72 Å². The van der Waals surface area contributed by atoms with Gasteiger partial charge in [0, 0.05) is 13.0 Å². The number of sulfonamides is 1. The van der Waals surface area contributed by atoms with Crippen LogP contribution < -0.4 is 4.72 Å². The van der Waals surface area contributed by atoms with Crippen molar-refractivity contribution in [2.75, 3.05) is 6.54 Å². The third kappa shape index (κ3) is 3.18. The van der Waals surface area contributed by atoms with E-state index in [1.807, 2.05) is 6.07 Å². The van der Waals surface area contributed by atoms with Crippen LogP contribution in [0.15, 0.2) is 58.0 Å². The summed E-state index contributed by atoms with van der Waals surface area (Å²) in [6.45, 7) is 0.324. The van der Waals surface area contributed by atoms with E-state index in [-0.39, 0.29) is 4.90 Å². The third-order valence-electron chi connectivity index (χ3n) is 2.30. The van der Waals surface area contributed by atoms with Crippen LogP contribution in [0, 0.1) is 0 Å². The molecule has 0 saturated heterocycles. The van der Waals surface area contributed by atoms with Crippen molar-refractivity contribution in [1.29, 1.82) is 0 Å². The lowest BCUT2D eigenvalue weighted by Gasteiger charge is -2.05. The highest BCUT2D eigenvalue weighted by Gasteiger charge is 2.12. The van der Waals surface area contributed by atoms with E-state index in [4.69, 9.17) is 4.42 Å². The maximum atomic E-state index is 11.8. The average Bonchev–Trinajstić information content (AvgIpc) is 2.83. The molecular weight excluding hydrogens is 238 g/mol. The summed E-state index contributed by atoms with van der Waals surface area (Å²) >= 11 is 0. The summed E-state index contributed by atoms with van der Waals surface area (Å²) in [6.07, 6.45) is 2.11. The van der Waals surface area contributed by atoms with Gasteiger partial charge < -0.3 is 4.42 Å². The minimum atomic E-state index is -3.41. The summed E-state index contributed by atoms with van der Waals surface area (Å²) in [5.74, 6) is 0.765. The first-order chi connectivity index (χ1) is 8.18. The molecule has 5 heteroatoms. The van der Waals surface area contributed by atoms with Crippen molar-refractivity contribution < 1.29 is 12.8 Å². The highest BCUT2D eigenvalue weighted by Crippen LogP contribution is 2.07. The second kappa shape index (κ2) is 5.16. The number of nitrogens with one attached hydrogen (secondary N) is 1. The van der Waals surface area contributed by atoms with Crippen molar-refractivity contribution in [2.45, 2.75) is 11.3 Å². The number of hydrogen-bond acceptors (Lipinski definition) is 3. The molecule has 1 aromatic heterocycles. The maximum absolute atomic E-state index is 11.8. The van der Waals surface area contributed by atoms with Gasteiger partial charge in [-0.2, -0.15) is 0 Å². The maximum Gasteiger partial charge on any atom is 0.240 e. The van der Waals surface area contributed by atoms with Gasteiger partial charge in [0.2, 0.25) is 10.0 Å². The van der Waals surface area contributed by atoms with Crippen LogP contribution in [0.4, 0.5) is 0 Å². The second-order valence-electron chi connectivity index (χ2n) is 3.54. The van der Waals surface area contributed by atoms with Crippen LogP contribution in [0.2, 0.25) is 0 Å². The molecule has 2 aromatic rings. The number of hydrogen-bond donors (Lipinski definition) is 1. The van der Waals surface area contributed by atoms with Gasteiger partial charge in [-0.15, -0.1) is 0 Å². The first-order valence-electron chi connectivity index (χ1n) is 5.25. The minimum Gasteiger partial charge on any atom is -0.469 e. The summed E-state index contributed by atoms with van der Waals surface area (Å²) in [5, 5.41) is 0. The Hall–Kier alpha value is -1.59. The van der Waals surface area contributed by atoms with Gasteiger partial charge in [0.05, 0.1) is 11.2 Å². The van der Waals surface area contributed by atoms with Crippen LogP contribution in [0.5, 0.6) is 0 Å². The normalized spacial score (nSPS) is 11.5. The van der Waals surface area contributed by atoms with E-state index in [1.54, 1.807) is 42.7 Å². The van der Waals surface area contributed by atoms with Crippen molar-refractivity contribution in [3.8, 4) is 0 Å². The Morgan fingerprint density at radius 3 is 2.47 bits per heavy atom. The molecule has 0 spiro atoms. The van der Waals surface area contributed by atoms with Gasteiger partial charge in [-0.05, 0) is 24.3 Å². The zero-order valence-corrected chi connectivity index (χ0v) is 9.98. The van der Waals surface area contributed by atoms with Crippen molar-refractivity contribution >= 4 is 10.0 Å². The molecule has 1 heterocycles. The van der Waals surface area contributed by atoms with Crippen LogP contribution in [0.3, 0.4) is 0 Å². The van der Waals surface area contributed by atoms with Gasteiger partial charge in [-0.1, -0.05) is 18.2 Å². The van der Waals surface area contributed by atoms with E-state index < -0.39 is 10.0 Å². The fourth-order valence-corrected chi connectivity index (χ4v) is 2.50. The quantitative estimate of drug-likeness (QED) is 0.881. The molecule has 0 aliphatic rings. The Labute approximate surface area is 100 Å². The largest absolute Gasteiger partial charge is 0.469 e. The lowest BCUT2D eigenvalue weighted by atomic mass is 10.3. The van der Waals surface area contributed by atoms with Crippen LogP contribution in [-0.4, -0.2) is 15.0 Å². The third-order valence-corrected chi connectivity index (χ3v) is 3.77. The van der Waals surface area contributed by atoms with E-state index in [2.05, 4.69) is 4.72 Å². The Bertz CT molecular complexity index is 547. The molecule has 0 saturated carbocycles. The van der Waals surface area contributed by atoms with Crippen LogP contribution in [0.25, 0.3) is 0 Å². The lowest BCUT2D eigenvalue weighted by Crippen LogP contribution is -2.25. The molecule has 0 unspecified atom stereocenters. The van der Waals surface area contributed by atoms with Crippen molar-refractivity contribution in [2.24, 2.45) is 0 Å². The van der Waals surface area contributed by atoms with Gasteiger partial charge >= 0.3 is 0 Å². The predicted molar refractivity (Wildman–Crippen MR) is 64.0 cm³/mol. The number of furan rings is 1. The van der Waals surface area contributed by atoms with E-state index >= 15 is 0 Å². The average molecular weight is 251 g/mol. The Balaban J connectivity index is 1.95. The molecule has 2 rings (SSSR count). The molecule has 4 nitrogen and oxygen atoms in total. The summed E-state index contributed by atoms with van der Waals surface area (Å²) in [7, 11) is -3.41. The second-order valence-corrected chi connectivity index (χ2v) is 5.31.